The SMILES string of the molecule is O=C1N(c2ccc(Cl)cc2)C(=O)N2C(c3ccccc3)CN3CCSC32N1c1ccc(Cl)cc1. The topological polar surface area (TPSA) is 47.1 Å². The first-order valence-corrected chi connectivity index (χ1v) is 12.7. The fourth-order valence-corrected chi connectivity index (χ4v) is 6.89. The van der Waals surface area contributed by atoms with E-state index >= 15 is 0 Å². The molecule has 3 heterocycles. The Balaban J connectivity index is 1.56. The molecule has 3 aromatic rings. The zero-order chi connectivity index (χ0) is 23.4. The van der Waals surface area contributed by atoms with Crippen molar-refractivity contribution in [1.29, 1.82) is 0 Å². The van der Waals surface area contributed by atoms with Crippen molar-refractivity contribution in [3.8, 4) is 0 Å². The molecule has 0 aromatic heterocycles. The van der Waals surface area contributed by atoms with Gasteiger partial charge in [0.1, 0.15) is 0 Å². The standard InChI is InChI=1S/C25H20Cl2N4O2S/c26-18-6-10-20(11-7-18)29-23(32)30(21-12-8-19(27)9-13-21)25-28(14-15-34-25)16-22(31(25)24(29)33)17-4-2-1-3-5-17/h1-13,22H,14-16H2. The van der Waals surface area contributed by atoms with Gasteiger partial charge in [-0.25, -0.2) is 19.4 Å². The Bertz CT molecular complexity index is 1260. The maximum Gasteiger partial charge on any atom is 0.341 e. The number of carbonyl (C=O) groups is 2. The van der Waals surface area contributed by atoms with Gasteiger partial charge in [-0.05, 0) is 54.1 Å². The quantitative estimate of drug-likeness (QED) is 0.416. The number of hydrogen-bond acceptors (Lipinski definition) is 4. The lowest BCUT2D eigenvalue weighted by molar-refractivity contribution is 0.112. The van der Waals surface area contributed by atoms with Gasteiger partial charge in [0, 0.05) is 28.9 Å². The molecule has 0 bridgehead atoms. The number of urea groups is 2. The van der Waals surface area contributed by atoms with Crippen LogP contribution in [0.5, 0.6) is 0 Å². The largest absolute Gasteiger partial charge is 0.341 e. The highest BCUT2D eigenvalue weighted by Gasteiger charge is 2.67. The molecule has 3 aromatic carbocycles. The first kappa shape index (κ1) is 21.8. The van der Waals surface area contributed by atoms with Crippen molar-refractivity contribution in [2.24, 2.45) is 0 Å². The minimum Gasteiger partial charge on any atom is -0.270 e. The van der Waals surface area contributed by atoms with Gasteiger partial charge >= 0.3 is 12.1 Å². The number of halogens is 2. The molecule has 6 rings (SSSR count). The van der Waals surface area contributed by atoms with Crippen molar-refractivity contribution < 1.29 is 9.59 Å². The molecule has 0 radical (unpaired) electrons. The smallest absolute Gasteiger partial charge is 0.270 e. The molecule has 0 aliphatic carbocycles. The number of nitrogens with zero attached hydrogens (tertiary/aromatic N) is 4. The third-order valence-corrected chi connectivity index (χ3v) is 8.43. The predicted molar refractivity (Wildman–Crippen MR) is 136 cm³/mol. The zero-order valence-electron chi connectivity index (χ0n) is 18.0. The molecule has 6 nitrogen and oxygen atoms in total. The summed E-state index contributed by atoms with van der Waals surface area (Å²) >= 11 is 13.9. The number of amides is 4. The van der Waals surface area contributed by atoms with Gasteiger partial charge in [-0.15, -0.1) is 0 Å². The summed E-state index contributed by atoms with van der Waals surface area (Å²) in [7, 11) is 0. The van der Waals surface area contributed by atoms with Gasteiger partial charge in [-0.1, -0.05) is 65.3 Å². The minimum atomic E-state index is -0.953. The van der Waals surface area contributed by atoms with Crippen molar-refractivity contribution in [1.82, 2.24) is 9.80 Å². The maximum atomic E-state index is 14.2. The van der Waals surface area contributed by atoms with Crippen molar-refractivity contribution in [2.45, 2.75) is 11.2 Å². The molecule has 0 saturated carbocycles. The van der Waals surface area contributed by atoms with Crippen LogP contribution < -0.4 is 9.80 Å². The zero-order valence-corrected chi connectivity index (χ0v) is 20.3. The molecule has 3 aliphatic rings. The van der Waals surface area contributed by atoms with Crippen molar-refractivity contribution in [2.75, 3.05) is 28.6 Å². The van der Waals surface area contributed by atoms with Crippen LogP contribution in [0.1, 0.15) is 11.6 Å². The molecular formula is C25H20Cl2N4O2S. The van der Waals surface area contributed by atoms with Crippen molar-refractivity contribution in [3.05, 3.63) is 94.5 Å². The lowest BCUT2D eigenvalue weighted by Crippen LogP contribution is -2.73. The van der Waals surface area contributed by atoms with Crippen LogP contribution >= 0.6 is 35.0 Å². The fourth-order valence-electron chi connectivity index (χ4n) is 5.05. The number of rotatable bonds is 3. The van der Waals surface area contributed by atoms with E-state index in [1.165, 1.54) is 4.90 Å². The second-order valence-electron chi connectivity index (χ2n) is 8.35. The molecule has 3 saturated heterocycles. The van der Waals surface area contributed by atoms with Gasteiger partial charge in [0.2, 0.25) is 5.12 Å². The Kier molecular flexibility index (Phi) is 5.26. The van der Waals surface area contributed by atoms with Crippen LogP contribution in [0, 0.1) is 0 Å². The Labute approximate surface area is 211 Å². The summed E-state index contributed by atoms with van der Waals surface area (Å²) in [6, 6.07) is 23.0. The van der Waals surface area contributed by atoms with E-state index in [-0.39, 0.29) is 12.1 Å². The normalized spacial score (nSPS) is 24.5. The molecule has 172 valence electrons. The van der Waals surface area contributed by atoms with E-state index in [0.717, 1.165) is 17.9 Å². The molecule has 2 unspecified atom stereocenters. The maximum absolute atomic E-state index is 14.2. The third kappa shape index (κ3) is 3.15. The predicted octanol–water partition coefficient (Wildman–Crippen LogP) is 6.28. The number of benzene rings is 3. The Morgan fingerprint density at radius 3 is 2.06 bits per heavy atom. The molecule has 3 aliphatic heterocycles. The highest BCUT2D eigenvalue weighted by atomic mass is 35.5. The molecule has 9 heteroatoms. The van der Waals surface area contributed by atoms with E-state index in [2.05, 4.69) is 4.90 Å². The van der Waals surface area contributed by atoms with Crippen LogP contribution in [0.15, 0.2) is 78.9 Å². The van der Waals surface area contributed by atoms with Gasteiger partial charge in [-0.2, -0.15) is 0 Å². The summed E-state index contributed by atoms with van der Waals surface area (Å²) in [5, 5.41) is 0.163. The van der Waals surface area contributed by atoms with Crippen LogP contribution in [0.3, 0.4) is 0 Å². The number of thioether (sulfide) groups is 1. The molecule has 4 amide bonds. The average Bonchev–Trinajstić information content (AvgIpc) is 3.38. The van der Waals surface area contributed by atoms with E-state index in [1.54, 1.807) is 53.1 Å². The van der Waals surface area contributed by atoms with Crippen molar-refractivity contribution >= 4 is 58.4 Å². The number of imide groups is 1. The van der Waals surface area contributed by atoms with Gasteiger partial charge in [0.25, 0.3) is 0 Å². The summed E-state index contributed by atoms with van der Waals surface area (Å²) in [5.74, 6) is 0.809. The second-order valence-corrected chi connectivity index (χ2v) is 10.5. The van der Waals surface area contributed by atoms with E-state index in [0.29, 0.717) is 28.0 Å². The van der Waals surface area contributed by atoms with E-state index < -0.39 is 11.1 Å². The number of hydrogen-bond donors (Lipinski definition) is 0. The van der Waals surface area contributed by atoms with E-state index in [4.69, 9.17) is 23.2 Å². The second kappa shape index (κ2) is 8.20. The molecule has 0 N–H and O–H groups in total. The van der Waals surface area contributed by atoms with Crippen LogP contribution in [0.2, 0.25) is 10.0 Å². The number of anilines is 2. The summed E-state index contributed by atoms with van der Waals surface area (Å²) in [6.45, 7) is 1.41. The highest BCUT2D eigenvalue weighted by molar-refractivity contribution is 8.01. The Morgan fingerprint density at radius 1 is 0.794 bits per heavy atom. The van der Waals surface area contributed by atoms with Crippen LogP contribution in [0.4, 0.5) is 21.0 Å². The van der Waals surface area contributed by atoms with Crippen LogP contribution in [-0.2, 0) is 0 Å². The molecule has 3 fully saturated rings. The van der Waals surface area contributed by atoms with Gasteiger partial charge < -0.3 is 0 Å². The summed E-state index contributed by atoms with van der Waals surface area (Å²) in [5.41, 5.74) is 2.19. The summed E-state index contributed by atoms with van der Waals surface area (Å²) in [6.07, 6.45) is 0. The summed E-state index contributed by atoms with van der Waals surface area (Å²) in [4.78, 5) is 35.4. The fraction of sp³-hybridized carbons (Fsp3) is 0.200. The summed E-state index contributed by atoms with van der Waals surface area (Å²) < 4.78 is 0. The van der Waals surface area contributed by atoms with E-state index in [9.17, 15) is 9.59 Å². The molecule has 34 heavy (non-hydrogen) atoms. The Morgan fingerprint density at radius 2 is 1.41 bits per heavy atom. The first-order chi connectivity index (χ1) is 16.5. The molecular weight excluding hydrogens is 491 g/mol. The van der Waals surface area contributed by atoms with Gasteiger partial charge in [-0.3, -0.25) is 9.80 Å². The first-order valence-electron chi connectivity index (χ1n) is 10.9. The Hall–Kier alpha value is -2.71. The van der Waals surface area contributed by atoms with Crippen LogP contribution in [-0.4, -0.2) is 45.8 Å². The highest BCUT2D eigenvalue weighted by Crippen LogP contribution is 2.55. The monoisotopic (exact) mass is 510 g/mol. The van der Waals surface area contributed by atoms with Gasteiger partial charge in [0.05, 0.1) is 17.4 Å². The molecule has 2 atom stereocenters. The molecule has 1 spiro atoms. The average molecular weight is 511 g/mol. The van der Waals surface area contributed by atoms with Crippen molar-refractivity contribution in [3.63, 3.8) is 0 Å². The number of carbonyl (C=O) groups excluding carboxylic acids is 2. The lowest BCUT2D eigenvalue weighted by atomic mass is 10.1. The van der Waals surface area contributed by atoms with Gasteiger partial charge in [0.15, 0.2) is 0 Å². The van der Waals surface area contributed by atoms with E-state index in [1.807, 2.05) is 47.4 Å². The third-order valence-electron chi connectivity index (χ3n) is 6.51. The lowest BCUT2D eigenvalue weighted by Gasteiger charge is -2.52. The minimum absolute atomic E-state index is 0.209. The van der Waals surface area contributed by atoms with Crippen LogP contribution in [0.25, 0.3) is 0 Å².